The molecule has 3 aromatic rings. The summed E-state index contributed by atoms with van der Waals surface area (Å²) in [5.74, 6) is 0.574. The molecule has 0 radical (unpaired) electrons. The zero-order chi connectivity index (χ0) is 26.5. The molecule has 1 aliphatic heterocycles. The number of fused-ring (bicyclic) bond motifs is 1. The first-order chi connectivity index (χ1) is 17.9. The van der Waals surface area contributed by atoms with Gasteiger partial charge in [0.2, 0.25) is 0 Å². The van der Waals surface area contributed by atoms with Gasteiger partial charge in [0.1, 0.15) is 12.4 Å². The minimum Gasteiger partial charge on any atom is -0.508 e. The third-order valence-electron chi connectivity index (χ3n) is 5.63. The van der Waals surface area contributed by atoms with E-state index in [4.69, 9.17) is 14.2 Å². The van der Waals surface area contributed by atoms with Crippen LogP contribution < -0.4 is 24.4 Å². The Hall–Kier alpha value is -4.11. The predicted molar refractivity (Wildman–Crippen MR) is 142 cm³/mol. The van der Waals surface area contributed by atoms with Crippen LogP contribution in [0.5, 0.6) is 17.2 Å². The van der Waals surface area contributed by atoms with E-state index in [9.17, 15) is 14.7 Å². The van der Waals surface area contributed by atoms with Gasteiger partial charge in [0.25, 0.3) is 5.56 Å². The van der Waals surface area contributed by atoms with Crippen LogP contribution in [0.15, 0.2) is 76.2 Å². The molecular formula is C28H28N2O6S. The summed E-state index contributed by atoms with van der Waals surface area (Å²) in [5, 5.41) is 9.84. The summed E-state index contributed by atoms with van der Waals surface area (Å²) in [6, 6.07) is 11.2. The predicted octanol–water partition coefficient (Wildman–Crippen LogP) is 3.47. The van der Waals surface area contributed by atoms with Gasteiger partial charge in [-0.25, -0.2) is 9.79 Å². The van der Waals surface area contributed by atoms with Crippen LogP contribution in [0.2, 0.25) is 0 Å². The van der Waals surface area contributed by atoms with Gasteiger partial charge in [-0.2, -0.15) is 0 Å². The standard InChI is InChI=1S/C28H28N2O6S/c1-5-13-36-21-12-11-19(16-22(21)34-6-2)25-24(27(33)35-7-3)17(4)29-28-30(25)26(32)23(37-28)15-18-9-8-10-20(31)14-18/h5,8-12,14-16,25,31H,1,6-7,13H2,2-4H3/b23-15+/t25-/m0/s1. The van der Waals surface area contributed by atoms with Crippen molar-refractivity contribution in [3.05, 3.63) is 97.2 Å². The van der Waals surface area contributed by atoms with E-state index in [1.807, 2.05) is 6.92 Å². The minimum absolute atomic E-state index is 0.0991. The molecule has 0 saturated carbocycles. The second kappa shape index (κ2) is 11.3. The smallest absolute Gasteiger partial charge is 0.338 e. The maximum atomic E-state index is 13.7. The number of hydrogen-bond donors (Lipinski definition) is 1. The third-order valence-corrected chi connectivity index (χ3v) is 6.61. The average molecular weight is 521 g/mol. The highest BCUT2D eigenvalue weighted by molar-refractivity contribution is 7.07. The number of allylic oxidation sites excluding steroid dienone is 1. The molecule has 1 aliphatic rings. The number of hydrogen-bond acceptors (Lipinski definition) is 8. The summed E-state index contributed by atoms with van der Waals surface area (Å²) < 4.78 is 18.8. The number of phenolic OH excluding ortho intramolecular Hbond substituents is 1. The van der Waals surface area contributed by atoms with E-state index in [0.717, 1.165) is 0 Å². The van der Waals surface area contributed by atoms with Crippen LogP contribution >= 0.6 is 11.3 Å². The quantitative estimate of drug-likeness (QED) is 0.343. The maximum Gasteiger partial charge on any atom is 0.338 e. The molecule has 0 fully saturated rings. The van der Waals surface area contributed by atoms with Gasteiger partial charge in [-0.3, -0.25) is 9.36 Å². The molecule has 1 atom stereocenters. The molecule has 2 aromatic carbocycles. The SMILES string of the molecule is C=CCOc1ccc([C@H]2C(C(=O)OCC)=C(C)N=c3s/c(=C/c4cccc(O)c4)c(=O)n32)cc1OCC. The number of esters is 1. The first kappa shape index (κ1) is 26.0. The second-order valence-corrected chi connectivity index (χ2v) is 9.15. The number of carbonyl (C=O) groups is 1. The van der Waals surface area contributed by atoms with Crippen molar-refractivity contribution in [3.63, 3.8) is 0 Å². The number of nitrogens with zero attached hydrogens (tertiary/aromatic N) is 2. The molecule has 1 N–H and O–H groups in total. The summed E-state index contributed by atoms with van der Waals surface area (Å²) in [4.78, 5) is 31.9. The van der Waals surface area contributed by atoms with Crippen molar-refractivity contribution in [2.45, 2.75) is 26.8 Å². The number of benzene rings is 2. The van der Waals surface area contributed by atoms with Crippen molar-refractivity contribution >= 4 is 23.4 Å². The van der Waals surface area contributed by atoms with Crippen molar-refractivity contribution in [1.29, 1.82) is 0 Å². The van der Waals surface area contributed by atoms with Gasteiger partial charge in [-0.05, 0) is 62.2 Å². The Morgan fingerprint density at radius 1 is 1.16 bits per heavy atom. The fourth-order valence-electron chi connectivity index (χ4n) is 4.10. The highest BCUT2D eigenvalue weighted by Crippen LogP contribution is 2.36. The number of carbonyl (C=O) groups excluding carboxylic acids is 1. The van der Waals surface area contributed by atoms with Crippen LogP contribution in [0.1, 0.15) is 37.9 Å². The fraction of sp³-hybridized carbons (Fsp3) is 0.250. The molecule has 0 spiro atoms. The van der Waals surface area contributed by atoms with Gasteiger partial charge in [-0.1, -0.05) is 42.2 Å². The Morgan fingerprint density at radius 3 is 2.68 bits per heavy atom. The molecule has 1 aromatic heterocycles. The van der Waals surface area contributed by atoms with E-state index in [1.54, 1.807) is 68.5 Å². The lowest BCUT2D eigenvalue weighted by Crippen LogP contribution is -2.40. The van der Waals surface area contributed by atoms with E-state index in [-0.39, 0.29) is 23.5 Å². The van der Waals surface area contributed by atoms with E-state index in [0.29, 0.717) is 50.9 Å². The molecule has 0 unspecified atom stereocenters. The van der Waals surface area contributed by atoms with Crippen molar-refractivity contribution < 1.29 is 24.1 Å². The van der Waals surface area contributed by atoms with E-state index in [2.05, 4.69) is 11.6 Å². The number of phenols is 1. The molecule has 0 bridgehead atoms. The van der Waals surface area contributed by atoms with Gasteiger partial charge in [0.05, 0.1) is 35.1 Å². The second-order valence-electron chi connectivity index (χ2n) is 8.14. The number of ether oxygens (including phenoxy) is 3. The molecule has 0 aliphatic carbocycles. The lowest BCUT2D eigenvalue weighted by atomic mass is 9.95. The van der Waals surface area contributed by atoms with Crippen molar-refractivity contribution in [2.24, 2.45) is 4.99 Å². The molecule has 9 heteroatoms. The number of thiazole rings is 1. The van der Waals surface area contributed by atoms with E-state index in [1.165, 1.54) is 15.9 Å². The lowest BCUT2D eigenvalue weighted by molar-refractivity contribution is -0.139. The van der Waals surface area contributed by atoms with Gasteiger partial charge in [-0.15, -0.1) is 0 Å². The maximum absolute atomic E-state index is 13.7. The van der Waals surface area contributed by atoms with Crippen LogP contribution in [0, 0.1) is 0 Å². The molecule has 0 amide bonds. The molecular weight excluding hydrogens is 492 g/mol. The fourth-order valence-corrected chi connectivity index (χ4v) is 5.15. The van der Waals surface area contributed by atoms with Crippen molar-refractivity contribution in [3.8, 4) is 17.2 Å². The summed E-state index contributed by atoms with van der Waals surface area (Å²) in [6.07, 6.45) is 3.33. The highest BCUT2D eigenvalue weighted by atomic mass is 32.1. The van der Waals surface area contributed by atoms with E-state index < -0.39 is 12.0 Å². The normalized spacial score (nSPS) is 15.1. The molecule has 8 nitrogen and oxygen atoms in total. The Labute approximate surface area is 218 Å². The summed E-state index contributed by atoms with van der Waals surface area (Å²) in [6.45, 7) is 9.90. The Bertz CT molecular complexity index is 1550. The Balaban J connectivity index is 1.94. The van der Waals surface area contributed by atoms with Crippen LogP contribution in [0.4, 0.5) is 0 Å². The average Bonchev–Trinajstić information content (AvgIpc) is 3.17. The molecule has 2 heterocycles. The van der Waals surface area contributed by atoms with E-state index >= 15 is 0 Å². The Kier molecular flexibility index (Phi) is 7.93. The van der Waals surface area contributed by atoms with Gasteiger partial charge in [0.15, 0.2) is 16.3 Å². The Morgan fingerprint density at radius 2 is 1.97 bits per heavy atom. The monoisotopic (exact) mass is 520 g/mol. The van der Waals surface area contributed by atoms with Gasteiger partial charge in [0, 0.05) is 0 Å². The van der Waals surface area contributed by atoms with Crippen LogP contribution in [0.25, 0.3) is 6.08 Å². The summed E-state index contributed by atoms with van der Waals surface area (Å²) >= 11 is 1.21. The van der Waals surface area contributed by atoms with Crippen molar-refractivity contribution in [1.82, 2.24) is 4.57 Å². The minimum atomic E-state index is -0.783. The third kappa shape index (κ3) is 5.36. The highest BCUT2D eigenvalue weighted by Gasteiger charge is 2.34. The molecule has 4 rings (SSSR count). The zero-order valence-corrected chi connectivity index (χ0v) is 21.7. The van der Waals surface area contributed by atoms with Crippen LogP contribution in [-0.2, 0) is 9.53 Å². The number of rotatable bonds is 9. The first-order valence-electron chi connectivity index (χ1n) is 11.9. The van der Waals surface area contributed by atoms with Crippen LogP contribution in [0.3, 0.4) is 0 Å². The van der Waals surface area contributed by atoms with Gasteiger partial charge < -0.3 is 19.3 Å². The van der Waals surface area contributed by atoms with Crippen LogP contribution in [-0.4, -0.2) is 35.5 Å². The zero-order valence-electron chi connectivity index (χ0n) is 20.9. The van der Waals surface area contributed by atoms with Gasteiger partial charge >= 0.3 is 5.97 Å². The summed E-state index contributed by atoms with van der Waals surface area (Å²) in [7, 11) is 0. The number of aromatic hydroxyl groups is 1. The number of aromatic nitrogens is 1. The largest absolute Gasteiger partial charge is 0.508 e. The summed E-state index contributed by atoms with van der Waals surface area (Å²) in [5.41, 5.74) is 1.76. The first-order valence-corrected chi connectivity index (χ1v) is 12.7. The van der Waals surface area contributed by atoms with Crippen molar-refractivity contribution in [2.75, 3.05) is 19.8 Å². The molecule has 37 heavy (non-hydrogen) atoms. The molecule has 0 saturated heterocycles. The lowest BCUT2D eigenvalue weighted by Gasteiger charge is -2.25. The topological polar surface area (TPSA) is 99.4 Å². The molecule has 192 valence electrons.